The number of nitrogens with two attached hydrogens (primary N) is 1. The van der Waals surface area contributed by atoms with Crippen LogP contribution in [0, 0.1) is 6.92 Å². The van der Waals surface area contributed by atoms with Gasteiger partial charge in [-0.15, -0.1) is 0 Å². The van der Waals surface area contributed by atoms with Gasteiger partial charge in [0, 0.05) is 18.4 Å². The fourth-order valence-electron chi connectivity index (χ4n) is 1.77. The summed E-state index contributed by atoms with van der Waals surface area (Å²) in [5.41, 5.74) is 9.65. The highest BCUT2D eigenvalue weighted by molar-refractivity contribution is 6.33. The highest BCUT2D eigenvalue weighted by atomic mass is 35.5. The zero-order valence-electron chi connectivity index (χ0n) is 9.94. The van der Waals surface area contributed by atoms with E-state index >= 15 is 0 Å². The molecule has 0 aliphatic rings. The predicted octanol–water partition coefficient (Wildman–Crippen LogP) is 4.00. The van der Waals surface area contributed by atoms with Crippen molar-refractivity contribution in [1.29, 1.82) is 0 Å². The molecule has 0 unspecified atom stereocenters. The molecule has 0 heterocycles. The summed E-state index contributed by atoms with van der Waals surface area (Å²) in [6, 6.07) is 13.8. The fourth-order valence-corrected chi connectivity index (χ4v) is 2.09. The van der Waals surface area contributed by atoms with Gasteiger partial charge in [0.1, 0.15) is 0 Å². The molecule has 17 heavy (non-hydrogen) atoms. The van der Waals surface area contributed by atoms with Crippen molar-refractivity contribution in [3.05, 3.63) is 53.1 Å². The first-order valence-electron chi connectivity index (χ1n) is 5.43. The Morgan fingerprint density at radius 1 is 1.12 bits per heavy atom. The molecule has 88 valence electrons. The van der Waals surface area contributed by atoms with E-state index in [-0.39, 0.29) is 0 Å². The van der Waals surface area contributed by atoms with Crippen molar-refractivity contribution in [2.75, 3.05) is 17.7 Å². The Labute approximate surface area is 107 Å². The van der Waals surface area contributed by atoms with Crippen molar-refractivity contribution in [1.82, 2.24) is 0 Å². The van der Waals surface area contributed by atoms with Gasteiger partial charge in [-0.2, -0.15) is 0 Å². The molecule has 2 aromatic rings. The summed E-state index contributed by atoms with van der Waals surface area (Å²) in [7, 11) is 1.99. The summed E-state index contributed by atoms with van der Waals surface area (Å²) in [6.45, 7) is 2.07. The van der Waals surface area contributed by atoms with Gasteiger partial charge in [0.05, 0.1) is 10.7 Å². The fraction of sp³-hybridized carbons (Fsp3) is 0.143. The molecular weight excluding hydrogens is 232 g/mol. The third kappa shape index (κ3) is 2.53. The number of halogens is 1. The summed E-state index contributed by atoms with van der Waals surface area (Å²) in [5, 5.41) is 0.661. The molecule has 2 N–H and O–H groups in total. The smallest absolute Gasteiger partial charge is 0.0663 e. The van der Waals surface area contributed by atoms with Crippen LogP contribution in [0.25, 0.3) is 0 Å². The summed E-state index contributed by atoms with van der Waals surface area (Å²) in [5.74, 6) is 0. The second kappa shape index (κ2) is 4.68. The molecule has 2 rings (SSSR count). The molecule has 2 aromatic carbocycles. The minimum Gasteiger partial charge on any atom is -0.399 e. The zero-order valence-corrected chi connectivity index (χ0v) is 10.7. The van der Waals surface area contributed by atoms with Crippen LogP contribution < -0.4 is 10.6 Å². The molecule has 0 atom stereocenters. The van der Waals surface area contributed by atoms with Crippen molar-refractivity contribution in [3.8, 4) is 0 Å². The topological polar surface area (TPSA) is 29.3 Å². The van der Waals surface area contributed by atoms with Gasteiger partial charge >= 0.3 is 0 Å². The van der Waals surface area contributed by atoms with Crippen molar-refractivity contribution in [2.24, 2.45) is 0 Å². The van der Waals surface area contributed by atoms with Gasteiger partial charge in [-0.05, 0) is 42.8 Å². The molecule has 0 aromatic heterocycles. The highest BCUT2D eigenvalue weighted by Crippen LogP contribution is 2.32. The summed E-state index contributed by atoms with van der Waals surface area (Å²) in [6.07, 6.45) is 0. The first kappa shape index (κ1) is 11.8. The molecule has 3 heteroatoms. The number of aryl methyl sites for hydroxylation is 1. The van der Waals surface area contributed by atoms with E-state index in [0.29, 0.717) is 10.7 Å². The first-order valence-corrected chi connectivity index (χ1v) is 5.81. The summed E-state index contributed by atoms with van der Waals surface area (Å²) >= 11 is 6.19. The number of nitrogen functional groups attached to an aromatic ring is 1. The third-order valence-electron chi connectivity index (χ3n) is 2.72. The molecule has 0 fully saturated rings. The lowest BCUT2D eigenvalue weighted by atomic mass is 10.2. The van der Waals surface area contributed by atoms with Gasteiger partial charge in [0.2, 0.25) is 0 Å². The van der Waals surface area contributed by atoms with Crippen LogP contribution in [-0.2, 0) is 0 Å². The predicted molar refractivity (Wildman–Crippen MR) is 75.1 cm³/mol. The maximum atomic E-state index is 6.19. The number of hydrogen-bond donors (Lipinski definition) is 1. The van der Waals surface area contributed by atoms with Crippen LogP contribution in [0.1, 0.15) is 5.56 Å². The van der Waals surface area contributed by atoms with Gasteiger partial charge in [0.25, 0.3) is 0 Å². The van der Waals surface area contributed by atoms with Gasteiger partial charge in [-0.3, -0.25) is 0 Å². The molecule has 0 bridgehead atoms. The zero-order chi connectivity index (χ0) is 12.4. The Morgan fingerprint density at radius 2 is 1.88 bits per heavy atom. The molecule has 2 nitrogen and oxygen atoms in total. The van der Waals surface area contributed by atoms with Crippen molar-refractivity contribution in [2.45, 2.75) is 6.92 Å². The molecular formula is C14H15ClN2. The molecule has 0 radical (unpaired) electrons. The third-order valence-corrected chi connectivity index (χ3v) is 3.02. The average Bonchev–Trinajstić information content (AvgIpc) is 2.28. The van der Waals surface area contributed by atoms with E-state index < -0.39 is 0 Å². The Kier molecular flexibility index (Phi) is 3.25. The maximum Gasteiger partial charge on any atom is 0.0663 e. The van der Waals surface area contributed by atoms with E-state index in [9.17, 15) is 0 Å². The Morgan fingerprint density at radius 3 is 2.53 bits per heavy atom. The lowest BCUT2D eigenvalue weighted by Gasteiger charge is -2.21. The number of rotatable bonds is 2. The van der Waals surface area contributed by atoms with Crippen LogP contribution in [0.2, 0.25) is 5.02 Å². The monoisotopic (exact) mass is 246 g/mol. The molecule has 0 saturated heterocycles. The number of hydrogen-bond acceptors (Lipinski definition) is 2. The van der Waals surface area contributed by atoms with Gasteiger partial charge in [-0.25, -0.2) is 0 Å². The van der Waals surface area contributed by atoms with Crippen LogP contribution >= 0.6 is 11.6 Å². The lowest BCUT2D eigenvalue weighted by Crippen LogP contribution is -2.10. The average molecular weight is 247 g/mol. The van der Waals surface area contributed by atoms with E-state index in [1.165, 1.54) is 5.56 Å². The van der Waals surface area contributed by atoms with Gasteiger partial charge in [-0.1, -0.05) is 23.7 Å². The standard InChI is InChI=1S/C14H15ClN2/c1-10-4-3-5-12(8-10)17(2)14-7-6-11(16)9-13(14)15/h3-9H,16H2,1-2H3. The molecule has 0 spiro atoms. The molecule has 0 saturated carbocycles. The van der Waals surface area contributed by atoms with Crippen LogP contribution in [0.4, 0.5) is 17.1 Å². The van der Waals surface area contributed by atoms with E-state index in [2.05, 4.69) is 30.0 Å². The minimum atomic E-state index is 0.661. The van der Waals surface area contributed by atoms with Crippen LogP contribution in [0.15, 0.2) is 42.5 Å². The summed E-state index contributed by atoms with van der Waals surface area (Å²) in [4.78, 5) is 2.05. The molecule has 0 aliphatic heterocycles. The highest BCUT2D eigenvalue weighted by Gasteiger charge is 2.08. The van der Waals surface area contributed by atoms with Crippen molar-refractivity contribution >= 4 is 28.7 Å². The minimum absolute atomic E-state index is 0.661. The van der Waals surface area contributed by atoms with Crippen molar-refractivity contribution < 1.29 is 0 Å². The van der Waals surface area contributed by atoms with Crippen LogP contribution in [0.3, 0.4) is 0 Å². The largest absolute Gasteiger partial charge is 0.399 e. The Balaban J connectivity index is 2.40. The quantitative estimate of drug-likeness (QED) is 0.812. The van der Waals surface area contributed by atoms with E-state index in [1.807, 2.05) is 25.2 Å². The Hall–Kier alpha value is -1.67. The van der Waals surface area contributed by atoms with Gasteiger partial charge in [0.15, 0.2) is 0 Å². The number of nitrogens with zero attached hydrogens (tertiary/aromatic N) is 1. The summed E-state index contributed by atoms with van der Waals surface area (Å²) < 4.78 is 0. The van der Waals surface area contributed by atoms with E-state index in [1.54, 1.807) is 6.07 Å². The van der Waals surface area contributed by atoms with Crippen molar-refractivity contribution in [3.63, 3.8) is 0 Å². The second-order valence-electron chi connectivity index (χ2n) is 4.11. The van der Waals surface area contributed by atoms with E-state index in [0.717, 1.165) is 11.4 Å². The SMILES string of the molecule is Cc1cccc(N(C)c2ccc(N)cc2Cl)c1. The maximum absolute atomic E-state index is 6.19. The van der Waals surface area contributed by atoms with Crippen LogP contribution in [-0.4, -0.2) is 7.05 Å². The lowest BCUT2D eigenvalue weighted by molar-refractivity contribution is 1.20. The van der Waals surface area contributed by atoms with Crippen LogP contribution in [0.5, 0.6) is 0 Å². The van der Waals surface area contributed by atoms with E-state index in [4.69, 9.17) is 17.3 Å². The number of benzene rings is 2. The normalized spacial score (nSPS) is 10.3. The first-order chi connectivity index (χ1) is 8.08. The molecule has 0 amide bonds. The second-order valence-corrected chi connectivity index (χ2v) is 4.52. The Bertz CT molecular complexity index is 537. The molecule has 0 aliphatic carbocycles. The van der Waals surface area contributed by atoms with Gasteiger partial charge < -0.3 is 10.6 Å². The number of anilines is 3.